The Labute approximate surface area is 58.3 Å². The van der Waals surface area contributed by atoms with Gasteiger partial charge in [-0.1, -0.05) is 22.6 Å². The zero-order chi connectivity index (χ0) is 6.62. The number of hydrogen-bond donors (Lipinski definition) is 0. The minimum absolute atomic E-state index is 0.260. The fourth-order valence-electron chi connectivity index (χ4n) is 0.154. The number of ether oxygens (including phenoxy) is 1. The molecule has 0 aromatic heterocycles. The van der Waals surface area contributed by atoms with Gasteiger partial charge in [0.25, 0.3) is 0 Å². The lowest BCUT2D eigenvalue weighted by Gasteiger charge is -2.03. The molecule has 0 aromatic rings. The van der Waals surface area contributed by atoms with Gasteiger partial charge < -0.3 is 0 Å². The summed E-state index contributed by atoms with van der Waals surface area (Å²) < 4.78 is 36.8. The first kappa shape index (κ1) is 8.48. The van der Waals surface area contributed by atoms with Crippen molar-refractivity contribution in [1.82, 2.24) is 0 Å². The first-order chi connectivity index (χ1) is 3.56. The molecule has 0 aromatic carbocycles. The maximum Gasteiger partial charge on any atom is 0.522 e. The summed E-state index contributed by atoms with van der Waals surface area (Å²) in [6.45, 7) is -0.260. The Morgan fingerprint density at radius 3 is 2.00 bits per heavy atom. The van der Waals surface area contributed by atoms with Crippen LogP contribution in [0.25, 0.3) is 0 Å². The lowest BCUT2D eigenvalue weighted by Crippen LogP contribution is -2.14. The summed E-state index contributed by atoms with van der Waals surface area (Å²) in [5.74, 6) is 0. The van der Waals surface area contributed by atoms with Crippen LogP contribution in [0, 0.1) is 0 Å². The molecular weight excluding hydrogens is 236 g/mol. The van der Waals surface area contributed by atoms with Crippen molar-refractivity contribution in [2.45, 2.75) is 6.36 Å². The van der Waals surface area contributed by atoms with Crippen molar-refractivity contribution in [3.63, 3.8) is 0 Å². The highest BCUT2D eigenvalue weighted by Gasteiger charge is 2.28. The van der Waals surface area contributed by atoms with Gasteiger partial charge in [-0.25, -0.2) is 0 Å². The van der Waals surface area contributed by atoms with Crippen molar-refractivity contribution in [1.29, 1.82) is 0 Å². The predicted octanol–water partition coefficient (Wildman–Crippen LogP) is 1.96. The van der Waals surface area contributed by atoms with Gasteiger partial charge in [-0.15, -0.1) is 13.2 Å². The Morgan fingerprint density at radius 2 is 1.88 bits per heavy atom. The van der Waals surface area contributed by atoms with Crippen LogP contribution in [0.5, 0.6) is 0 Å². The molecular formula is C3H4F3IO. The molecule has 0 fully saturated rings. The van der Waals surface area contributed by atoms with Crippen molar-refractivity contribution >= 4 is 22.6 Å². The first-order valence-corrected chi connectivity index (χ1v) is 3.35. The first-order valence-electron chi connectivity index (χ1n) is 1.83. The van der Waals surface area contributed by atoms with E-state index in [1.165, 1.54) is 0 Å². The summed E-state index contributed by atoms with van der Waals surface area (Å²) in [4.78, 5) is 0. The van der Waals surface area contributed by atoms with Crippen LogP contribution >= 0.6 is 22.6 Å². The zero-order valence-corrected chi connectivity index (χ0v) is 5.99. The Kier molecular flexibility index (Phi) is 3.70. The van der Waals surface area contributed by atoms with Gasteiger partial charge in [0.05, 0.1) is 6.61 Å². The lowest BCUT2D eigenvalue weighted by molar-refractivity contribution is -0.321. The second-order valence-electron chi connectivity index (χ2n) is 0.983. The molecule has 0 aliphatic rings. The molecule has 0 saturated carbocycles. The maximum absolute atomic E-state index is 11.0. The monoisotopic (exact) mass is 240 g/mol. The van der Waals surface area contributed by atoms with Gasteiger partial charge >= 0.3 is 6.36 Å². The molecule has 5 heteroatoms. The van der Waals surface area contributed by atoms with Crippen LogP contribution < -0.4 is 0 Å². The van der Waals surface area contributed by atoms with Crippen molar-refractivity contribution in [3.8, 4) is 0 Å². The van der Waals surface area contributed by atoms with Gasteiger partial charge in [-0.2, -0.15) is 0 Å². The van der Waals surface area contributed by atoms with Crippen molar-refractivity contribution < 1.29 is 17.9 Å². The average Bonchev–Trinajstić information content (AvgIpc) is 1.59. The Morgan fingerprint density at radius 1 is 1.38 bits per heavy atom. The highest BCUT2D eigenvalue weighted by atomic mass is 127. The molecule has 0 saturated heterocycles. The van der Waals surface area contributed by atoms with E-state index in [0.29, 0.717) is 4.43 Å². The van der Waals surface area contributed by atoms with Crippen LogP contribution in [0.3, 0.4) is 0 Å². The predicted molar refractivity (Wildman–Crippen MR) is 30.9 cm³/mol. The molecule has 8 heavy (non-hydrogen) atoms. The Hall–Kier alpha value is 0.480. The summed E-state index contributed by atoms with van der Waals surface area (Å²) in [5.41, 5.74) is 0. The van der Waals surface area contributed by atoms with Gasteiger partial charge in [0.1, 0.15) is 0 Å². The van der Waals surface area contributed by atoms with Gasteiger partial charge in [0, 0.05) is 4.43 Å². The molecule has 0 unspecified atom stereocenters. The summed E-state index contributed by atoms with van der Waals surface area (Å²) in [6, 6.07) is 0. The van der Waals surface area contributed by atoms with Gasteiger partial charge in [-0.05, 0) is 0 Å². The van der Waals surface area contributed by atoms with Crippen LogP contribution in [-0.2, 0) is 4.74 Å². The van der Waals surface area contributed by atoms with E-state index in [1.807, 2.05) is 0 Å². The van der Waals surface area contributed by atoms with Crippen LogP contribution in [0.15, 0.2) is 0 Å². The maximum atomic E-state index is 11.0. The SMILES string of the molecule is FC(F)(F)OCCI. The molecule has 0 radical (unpaired) electrons. The minimum Gasteiger partial charge on any atom is -0.291 e. The molecule has 0 heterocycles. The van der Waals surface area contributed by atoms with E-state index in [9.17, 15) is 13.2 Å². The number of halogens is 4. The molecule has 0 rings (SSSR count). The molecule has 0 spiro atoms. The van der Waals surface area contributed by atoms with Crippen molar-refractivity contribution in [3.05, 3.63) is 0 Å². The van der Waals surface area contributed by atoms with Crippen LogP contribution in [0.2, 0.25) is 0 Å². The quantitative estimate of drug-likeness (QED) is 0.529. The van der Waals surface area contributed by atoms with Crippen LogP contribution in [-0.4, -0.2) is 17.4 Å². The average molecular weight is 240 g/mol. The van der Waals surface area contributed by atoms with E-state index in [0.717, 1.165) is 0 Å². The van der Waals surface area contributed by atoms with E-state index in [-0.39, 0.29) is 6.61 Å². The van der Waals surface area contributed by atoms with Gasteiger partial charge in [-0.3, -0.25) is 4.74 Å². The van der Waals surface area contributed by atoms with E-state index >= 15 is 0 Å². The lowest BCUT2D eigenvalue weighted by atomic mass is 10.9. The molecule has 0 atom stereocenters. The standard InChI is InChI=1S/C3H4F3IO/c4-3(5,6)8-2-1-7/h1-2H2. The molecule has 0 bridgehead atoms. The normalized spacial score (nSPS) is 12.0. The molecule has 0 amide bonds. The highest BCUT2D eigenvalue weighted by Crippen LogP contribution is 2.15. The van der Waals surface area contributed by atoms with Gasteiger partial charge in [0.15, 0.2) is 0 Å². The molecule has 50 valence electrons. The fourth-order valence-corrected chi connectivity index (χ4v) is 0.375. The fraction of sp³-hybridized carbons (Fsp3) is 1.00. The number of alkyl halides is 4. The number of rotatable bonds is 2. The van der Waals surface area contributed by atoms with Crippen LogP contribution in [0.1, 0.15) is 0 Å². The minimum atomic E-state index is -4.45. The second-order valence-corrected chi connectivity index (χ2v) is 2.06. The summed E-state index contributed by atoms with van der Waals surface area (Å²) in [6.07, 6.45) is -4.45. The summed E-state index contributed by atoms with van der Waals surface area (Å²) in [5, 5.41) is 0. The van der Waals surface area contributed by atoms with Gasteiger partial charge in [0.2, 0.25) is 0 Å². The molecule has 0 N–H and O–H groups in total. The molecule has 0 aliphatic carbocycles. The third kappa shape index (κ3) is 6.48. The van der Waals surface area contributed by atoms with Crippen molar-refractivity contribution in [2.75, 3.05) is 11.0 Å². The van der Waals surface area contributed by atoms with Crippen molar-refractivity contribution in [2.24, 2.45) is 0 Å². The third-order valence-electron chi connectivity index (χ3n) is 0.343. The Balaban J connectivity index is 3.11. The molecule has 1 nitrogen and oxygen atoms in total. The van der Waals surface area contributed by atoms with E-state index in [4.69, 9.17) is 0 Å². The third-order valence-corrected chi connectivity index (χ3v) is 0.783. The topological polar surface area (TPSA) is 9.23 Å². The van der Waals surface area contributed by atoms with E-state index < -0.39 is 6.36 Å². The smallest absolute Gasteiger partial charge is 0.291 e. The van der Waals surface area contributed by atoms with E-state index in [2.05, 4.69) is 4.74 Å². The number of hydrogen-bond acceptors (Lipinski definition) is 1. The van der Waals surface area contributed by atoms with Crippen LogP contribution in [0.4, 0.5) is 13.2 Å². The summed E-state index contributed by atoms with van der Waals surface area (Å²) in [7, 11) is 0. The largest absolute Gasteiger partial charge is 0.522 e. The Bertz CT molecular complexity index is 62.0. The summed E-state index contributed by atoms with van der Waals surface area (Å²) >= 11 is 1.80. The highest BCUT2D eigenvalue weighted by molar-refractivity contribution is 14.1. The second kappa shape index (κ2) is 3.49. The molecule has 0 aliphatic heterocycles. The van der Waals surface area contributed by atoms with E-state index in [1.54, 1.807) is 22.6 Å². The zero-order valence-electron chi connectivity index (χ0n) is 3.83.